The quantitative estimate of drug-likeness (QED) is 0.707. The van der Waals surface area contributed by atoms with Gasteiger partial charge in [0.25, 0.3) is 10.0 Å². The summed E-state index contributed by atoms with van der Waals surface area (Å²) < 4.78 is 30.3. The van der Waals surface area contributed by atoms with Crippen molar-refractivity contribution in [2.45, 2.75) is 18.7 Å². The van der Waals surface area contributed by atoms with Crippen LogP contribution < -0.4 is 15.8 Å². The highest BCUT2D eigenvalue weighted by Gasteiger charge is 2.16. The van der Waals surface area contributed by atoms with E-state index < -0.39 is 21.1 Å². The van der Waals surface area contributed by atoms with E-state index in [4.69, 9.17) is 0 Å². The van der Waals surface area contributed by atoms with Crippen molar-refractivity contribution < 1.29 is 8.42 Å². The molecule has 0 aliphatic heterocycles. The summed E-state index contributed by atoms with van der Waals surface area (Å²) in [6.45, 7) is 3.76. The summed E-state index contributed by atoms with van der Waals surface area (Å²) in [7, 11) is -0.784. The molecule has 0 radical (unpaired) electrons. The van der Waals surface area contributed by atoms with Crippen molar-refractivity contribution in [3.8, 4) is 0 Å². The number of hydrogen-bond acceptors (Lipinski definition) is 4. The van der Waals surface area contributed by atoms with Crippen molar-refractivity contribution in [2.75, 3.05) is 4.72 Å². The lowest BCUT2D eigenvalue weighted by molar-refractivity contribution is 0.601. The Morgan fingerprint density at radius 1 is 0.808 bits per heavy atom. The topological polar surface area (TPSA) is 90.2 Å². The molecule has 0 bridgehead atoms. The fraction of sp³-hybridized carbons (Fsp3) is 0.222. The molecule has 0 saturated carbocycles. The van der Waals surface area contributed by atoms with Crippen molar-refractivity contribution >= 4 is 26.7 Å². The first-order valence-corrected chi connectivity index (χ1v) is 9.40. The first kappa shape index (κ1) is 17.9. The van der Waals surface area contributed by atoms with Crippen molar-refractivity contribution in [1.29, 1.82) is 0 Å². The number of aryl methyl sites for hydroxylation is 4. The Hall–Kier alpha value is -2.87. The van der Waals surface area contributed by atoms with Gasteiger partial charge < -0.3 is 9.13 Å². The third-order valence-electron chi connectivity index (χ3n) is 4.53. The van der Waals surface area contributed by atoms with Crippen LogP contribution in [0.25, 0.3) is 11.0 Å². The summed E-state index contributed by atoms with van der Waals surface area (Å²) in [4.78, 5) is 24.0. The Morgan fingerprint density at radius 3 is 2.04 bits per heavy atom. The Bertz CT molecular complexity index is 1250. The third kappa shape index (κ3) is 2.92. The van der Waals surface area contributed by atoms with Gasteiger partial charge in [0, 0.05) is 14.1 Å². The van der Waals surface area contributed by atoms with Gasteiger partial charge in [0.05, 0.1) is 21.6 Å². The molecule has 0 aliphatic rings. The lowest BCUT2D eigenvalue weighted by atomic mass is 10.1. The smallest absolute Gasteiger partial charge is 0.305 e. The molecule has 1 heterocycles. The summed E-state index contributed by atoms with van der Waals surface area (Å²) in [6, 6.07) is 9.61. The van der Waals surface area contributed by atoms with E-state index in [1.54, 1.807) is 30.3 Å². The van der Waals surface area contributed by atoms with E-state index in [-0.39, 0.29) is 4.90 Å². The predicted octanol–water partition coefficient (Wildman–Crippen LogP) is 1.65. The molecule has 1 N–H and O–H groups in total. The largest absolute Gasteiger partial charge is 0.316 e. The zero-order valence-corrected chi connectivity index (χ0v) is 15.7. The van der Waals surface area contributed by atoms with E-state index in [0.717, 1.165) is 11.1 Å². The fourth-order valence-electron chi connectivity index (χ4n) is 2.74. The van der Waals surface area contributed by atoms with Gasteiger partial charge in [-0.15, -0.1) is 0 Å². The number of rotatable bonds is 3. The van der Waals surface area contributed by atoms with Gasteiger partial charge in [0.2, 0.25) is 0 Å². The average Bonchev–Trinajstić information content (AvgIpc) is 2.60. The van der Waals surface area contributed by atoms with E-state index in [9.17, 15) is 18.0 Å². The Morgan fingerprint density at radius 2 is 1.42 bits per heavy atom. The molecule has 7 nitrogen and oxygen atoms in total. The Labute approximate surface area is 150 Å². The van der Waals surface area contributed by atoms with Gasteiger partial charge in [-0.05, 0) is 55.3 Å². The lowest BCUT2D eigenvalue weighted by Gasteiger charge is -2.13. The SMILES string of the molecule is Cc1ccc(S(=O)(=O)Nc2ccc3c(c2)n(C)c(=O)c(=O)n3C)cc1C. The van der Waals surface area contributed by atoms with Crippen LogP contribution in [0.1, 0.15) is 11.1 Å². The maximum absolute atomic E-state index is 12.6. The number of anilines is 1. The normalized spacial score (nSPS) is 11.7. The molecule has 136 valence electrons. The van der Waals surface area contributed by atoms with Crippen LogP contribution in [0.15, 0.2) is 50.9 Å². The summed E-state index contributed by atoms with van der Waals surface area (Å²) in [5.74, 6) is 0. The highest BCUT2D eigenvalue weighted by Crippen LogP contribution is 2.21. The first-order chi connectivity index (χ1) is 12.1. The number of nitrogens with one attached hydrogen (secondary N) is 1. The van der Waals surface area contributed by atoms with E-state index in [1.165, 1.54) is 29.3 Å². The second-order valence-electron chi connectivity index (χ2n) is 6.28. The molecule has 0 aliphatic carbocycles. The molecular weight excluding hydrogens is 354 g/mol. The molecule has 0 saturated heterocycles. The van der Waals surface area contributed by atoms with Gasteiger partial charge in [0.15, 0.2) is 0 Å². The molecule has 0 atom stereocenters. The highest BCUT2D eigenvalue weighted by molar-refractivity contribution is 7.92. The summed E-state index contributed by atoms with van der Waals surface area (Å²) in [6.07, 6.45) is 0. The van der Waals surface area contributed by atoms with E-state index in [2.05, 4.69) is 4.72 Å². The molecule has 2 aromatic carbocycles. The van der Waals surface area contributed by atoms with Crippen molar-refractivity contribution in [2.24, 2.45) is 14.1 Å². The number of nitrogens with zero attached hydrogens (tertiary/aromatic N) is 2. The molecule has 0 amide bonds. The van der Waals surface area contributed by atoms with Gasteiger partial charge in [-0.2, -0.15) is 0 Å². The number of fused-ring (bicyclic) bond motifs is 1. The van der Waals surface area contributed by atoms with Crippen LogP contribution in [-0.4, -0.2) is 17.6 Å². The number of benzene rings is 2. The minimum absolute atomic E-state index is 0.162. The van der Waals surface area contributed by atoms with Gasteiger partial charge in [0.1, 0.15) is 0 Å². The minimum atomic E-state index is -3.77. The molecule has 0 unspecified atom stereocenters. The molecule has 26 heavy (non-hydrogen) atoms. The zero-order valence-electron chi connectivity index (χ0n) is 14.9. The summed E-state index contributed by atoms with van der Waals surface area (Å²) in [5, 5.41) is 0. The number of aromatic nitrogens is 2. The lowest BCUT2D eigenvalue weighted by Crippen LogP contribution is -2.39. The van der Waals surface area contributed by atoms with Crippen LogP contribution in [0.4, 0.5) is 5.69 Å². The van der Waals surface area contributed by atoms with Crippen LogP contribution >= 0.6 is 0 Å². The molecule has 3 rings (SSSR count). The maximum atomic E-state index is 12.6. The summed E-state index contributed by atoms with van der Waals surface area (Å²) >= 11 is 0. The van der Waals surface area contributed by atoms with Gasteiger partial charge in [-0.25, -0.2) is 8.42 Å². The van der Waals surface area contributed by atoms with Crippen molar-refractivity contribution in [1.82, 2.24) is 9.13 Å². The van der Waals surface area contributed by atoms with Crippen LogP contribution in [0, 0.1) is 13.8 Å². The molecule has 0 spiro atoms. The highest BCUT2D eigenvalue weighted by atomic mass is 32.2. The third-order valence-corrected chi connectivity index (χ3v) is 5.91. The molecule has 8 heteroatoms. The Balaban J connectivity index is 2.10. The second kappa shape index (κ2) is 6.14. The average molecular weight is 373 g/mol. The van der Waals surface area contributed by atoms with E-state index in [1.807, 2.05) is 13.8 Å². The van der Waals surface area contributed by atoms with Crippen LogP contribution in [0.2, 0.25) is 0 Å². The standard InChI is InChI=1S/C18H19N3O4S/c1-11-5-7-14(9-12(11)2)26(24,25)19-13-6-8-15-16(10-13)21(4)18(23)17(22)20(15)3/h5-10,19H,1-4H3. The second-order valence-corrected chi connectivity index (χ2v) is 7.97. The fourth-order valence-corrected chi connectivity index (χ4v) is 3.87. The van der Waals surface area contributed by atoms with Crippen LogP contribution in [0.3, 0.4) is 0 Å². The first-order valence-electron chi connectivity index (χ1n) is 7.91. The number of sulfonamides is 1. The summed E-state index contributed by atoms with van der Waals surface area (Å²) in [5.41, 5.74) is 1.87. The van der Waals surface area contributed by atoms with E-state index in [0.29, 0.717) is 16.7 Å². The number of hydrogen-bond donors (Lipinski definition) is 1. The monoisotopic (exact) mass is 373 g/mol. The van der Waals surface area contributed by atoms with Gasteiger partial charge in [-0.1, -0.05) is 6.07 Å². The molecule has 1 aromatic heterocycles. The Kier molecular flexibility index (Phi) is 4.23. The molecule has 3 aromatic rings. The van der Waals surface area contributed by atoms with E-state index >= 15 is 0 Å². The van der Waals surface area contributed by atoms with Crippen molar-refractivity contribution in [3.05, 3.63) is 68.2 Å². The van der Waals surface area contributed by atoms with Crippen LogP contribution in [0.5, 0.6) is 0 Å². The predicted molar refractivity (Wildman–Crippen MR) is 101 cm³/mol. The van der Waals surface area contributed by atoms with Crippen molar-refractivity contribution in [3.63, 3.8) is 0 Å². The molecular formula is C18H19N3O4S. The van der Waals surface area contributed by atoms with Gasteiger partial charge >= 0.3 is 11.1 Å². The van der Waals surface area contributed by atoms with Crippen LogP contribution in [-0.2, 0) is 24.1 Å². The molecule has 0 fully saturated rings. The van der Waals surface area contributed by atoms with Gasteiger partial charge in [-0.3, -0.25) is 14.3 Å². The maximum Gasteiger partial charge on any atom is 0.316 e. The minimum Gasteiger partial charge on any atom is -0.305 e. The zero-order chi connectivity index (χ0) is 19.2.